The van der Waals surface area contributed by atoms with E-state index in [9.17, 15) is 30.0 Å². The highest BCUT2D eigenvalue weighted by Crippen LogP contribution is 2.71. The second-order valence-corrected chi connectivity index (χ2v) is 9.45. The van der Waals surface area contributed by atoms with Gasteiger partial charge in [-0.2, -0.15) is 0 Å². The fourth-order valence-corrected chi connectivity index (χ4v) is 6.21. The summed E-state index contributed by atoms with van der Waals surface area (Å²) in [5, 5.41) is 44.1. The summed E-state index contributed by atoms with van der Waals surface area (Å²) in [4.78, 5) is 27.2. The molecule has 1 spiro atoms. The summed E-state index contributed by atoms with van der Waals surface area (Å²) in [6.07, 6.45) is 0.242. The minimum atomic E-state index is -2.08. The average molecular weight is 380 g/mol. The second kappa shape index (κ2) is 5.07. The Morgan fingerprint density at radius 2 is 1.93 bits per heavy atom. The number of carbonyl (C=O) groups excluding carboxylic acids is 2. The van der Waals surface area contributed by atoms with Gasteiger partial charge in [-0.25, -0.2) is 0 Å². The molecular formula is C20H28O7. The van der Waals surface area contributed by atoms with Gasteiger partial charge in [-0.3, -0.25) is 9.59 Å². The molecular weight excluding hydrogens is 352 g/mol. The first kappa shape index (κ1) is 19.2. The van der Waals surface area contributed by atoms with Gasteiger partial charge in [0, 0.05) is 18.9 Å². The van der Waals surface area contributed by atoms with Crippen LogP contribution in [0.4, 0.5) is 0 Å². The minimum absolute atomic E-state index is 0.115. The molecule has 2 saturated heterocycles. The Morgan fingerprint density at radius 3 is 2.52 bits per heavy atom. The Labute approximate surface area is 158 Å². The molecule has 0 aromatic carbocycles. The van der Waals surface area contributed by atoms with Crippen LogP contribution in [-0.4, -0.2) is 61.7 Å². The van der Waals surface area contributed by atoms with E-state index < -0.39 is 51.4 Å². The topological polar surface area (TPSA) is 124 Å². The van der Waals surface area contributed by atoms with Crippen LogP contribution >= 0.6 is 0 Å². The quantitative estimate of drug-likeness (QED) is 0.535. The largest absolute Gasteiger partial charge is 0.396 e. The number of Topliss-reactive ketones (excluding diaryl/α,β-unsaturated/α-hetero) is 1. The van der Waals surface area contributed by atoms with Crippen LogP contribution in [0.1, 0.15) is 47.0 Å². The number of fused-ring (bicyclic) bond motifs is 2. The lowest BCUT2D eigenvalue weighted by Crippen LogP contribution is -2.78. The predicted octanol–water partition coefficient (Wildman–Crippen LogP) is 0.0888. The number of allylic oxidation sites excluding steroid dienone is 1. The number of aliphatic hydroxyl groups is 4. The minimum Gasteiger partial charge on any atom is -0.396 e. The van der Waals surface area contributed by atoms with Gasteiger partial charge >= 0.3 is 0 Å². The maximum Gasteiger partial charge on any atom is 0.186 e. The van der Waals surface area contributed by atoms with Crippen molar-refractivity contribution in [2.75, 3.05) is 6.61 Å². The summed E-state index contributed by atoms with van der Waals surface area (Å²) in [6, 6.07) is 0. The molecule has 0 amide bonds. The van der Waals surface area contributed by atoms with E-state index in [-0.39, 0.29) is 30.9 Å². The number of carbonyl (C=O) groups is 2. The van der Waals surface area contributed by atoms with Crippen molar-refractivity contribution in [3.63, 3.8) is 0 Å². The van der Waals surface area contributed by atoms with Crippen LogP contribution in [0, 0.1) is 22.7 Å². The van der Waals surface area contributed by atoms with Gasteiger partial charge in [0.1, 0.15) is 11.0 Å². The van der Waals surface area contributed by atoms with E-state index in [0.717, 1.165) is 0 Å². The SMILES string of the molecule is C[C@@H](CO)C1=CC(=O)[C@@]2(C)C[C@]3(O)O[C@]4(C(=O)[C@]13C)[C@H](O)[C@@H](C)CC[C@@]42O. The Morgan fingerprint density at radius 1 is 1.30 bits per heavy atom. The molecule has 150 valence electrons. The molecule has 7 heteroatoms. The van der Waals surface area contributed by atoms with Gasteiger partial charge in [0.25, 0.3) is 0 Å². The Hall–Kier alpha value is -1.12. The molecule has 27 heavy (non-hydrogen) atoms. The second-order valence-electron chi connectivity index (χ2n) is 9.45. The fraction of sp³-hybridized carbons (Fsp3) is 0.800. The molecule has 0 aromatic rings. The predicted molar refractivity (Wildman–Crippen MR) is 93.3 cm³/mol. The zero-order valence-electron chi connectivity index (χ0n) is 16.2. The van der Waals surface area contributed by atoms with Crippen LogP contribution in [0.15, 0.2) is 11.6 Å². The molecule has 0 unspecified atom stereocenters. The Bertz CT molecular complexity index is 776. The highest BCUT2D eigenvalue weighted by atomic mass is 16.7. The van der Waals surface area contributed by atoms with Crippen molar-refractivity contribution in [2.24, 2.45) is 22.7 Å². The van der Waals surface area contributed by atoms with Crippen LogP contribution in [0.2, 0.25) is 0 Å². The summed E-state index contributed by atoms with van der Waals surface area (Å²) in [7, 11) is 0. The van der Waals surface area contributed by atoms with Crippen molar-refractivity contribution in [2.45, 2.75) is 70.1 Å². The van der Waals surface area contributed by atoms with Gasteiger partial charge in [-0.05, 0) is 44.3 Å². The molecule has 8 atom stereocenters. The number of aliphatic hydroxyl groups excluding tert-OH is 2. The smallest absolute Gasteiger partial charge is 0.186 e. The molecule has 3 bridgehead atoms. The maximum absolute atomic E-state index is 13.9. The summed E-state index contributed by atoms with van der Waals surface area (Å²) in [5.74, 6) is -3.99. The summed E-state index contributed by atoms with van der Waals surface area (Å²) in [6.45, 7) is 6.16. The zero-order chi connectivity index (χ0) is 20.2. The van der Waals surface area contributed by atoms with Crippen molar-refractivity contribution in [3.8, 4) is 0 Å². The normalized spacial score (nSPS) is 55.2. The number of hydrogen-bond donors (Lipinski definition) is 4. The summed E-state index contributed by atoms with van der Waals surface area (Å²) in [5.41, 5.74) is -6.85. The van der Waals surface area contributed by atoms with E-state index in [1.54, 1.807) is 20.8 Å². The molecule has 0 aromatic heterocycles. The van der Waals surface area contributed by atoms with Gasteiger partial charge < -0.3 is 25.2 Å². The third kappa shape index (κ3) is 1.69. The van der Waals surface area contributed by atoms with Crippen LogP contribution in [-0.2, 0) is 14.3 Å². The van der Waals surface area contributed by atoms with Crippen LogP contribution in [0.3, 0.4) is 0 Å². The number of ether oxygens (including phenoxy) is 1. The average Bonchev–Trinajstić information content (AvgIpc) is 2.74. The highest BCUT2D eigenvalue weighted by Gasteiger charge is 2.87. The molecule has 4 rings (SSSR count). The van der Waals surface area contributed by atoms with Crippen molar-refractivity contribution in [1.29, 1.82) is 0 Å². The fourth-order valence-electron chi connectivity index (χ4n) is 6.21. The van der Waals surface area contributed by atoms with Crippen LogP contribution in [0.5, 0.6) is 0 Å². The van der Waals surface area contributed by atoms with E-state index in [1.165, 1.54) is 13.0 Å². The van der Waals surface area contributed by atoms with Gasteiger partial charge in [-0.1, -0.05) is 13.8 Å². The summed E-state index contributed by atoms with van der Waals surface area (Å²) >= 11 is 0. The number of hydrogen-bond acceptors (Lipinski definition) is 7. The van der Waals surface area contributed by atoms with Crippen molar-refractivity contribution >= 4 is 11.6 Å². The van der Waals surface area contributed by atoms with Crippen molar-refractivity contribution in [3.05, 3.63) is 11.6 Å². The Kier molecular flexibility index (Phi) is 3.61. The van der Waals surface area contributed by atoms with Crippen molar-refractivity contribution in [1.82, 2.24) is 0 Å². The van der Waals surface area contributed by atoms with E-state index in [1.807, 2.05) is 0 Å². The molecule has 4 N–H and O–H groups in total. The molecule has 0 radical (unpaired) electrons. The standard InChI is InChI=1S/C20H28O7/c1-10-5-6-18(25)16(3)9-19(26)17(4,12(7-13(16)22)11(2)8-21)15(24)20(18,27-19)14(10)23/h7,10-11,14,21,23,25-26H,5-6,8-9H2,1-4H3/t10-,11-,14+,16+,17-,18-,19-,20-/m0/s1. The van der Waals surface area contributed by atoms with E-state index >= 15 is 0 Å². The molecule has 2 aliphatic heterocycles. The molecule has 2 aliphatic carbocycles. The van der Waals surface area contributed by atoms with E-state index in [4.69, 9.17) is 4.74 Å². The zero-order valence-corrected chi connectivity index (χ0v) is 16.2. The van der Waals surface area contributed by atoms with Gasteiger partial charge in [0.2, 0.25) is 0 Å². The van der Waals surface area contributed by atoms with Crippen LogP contribution < -0.4 is 0 Å². The first-order chi connectivity index (χ1) is 12.4. The van der Waals surface area contributed by atoms with Crippen LogP contribution in [0.25, 0.3) is 0 Å². The van der Waals surface area contributed by atoms with E-state index in [2.05, 4.69) is 0 Å². The molecule has 1 saturated carbocycles. The van der Waals surface area contributed by atoms with Gasteiger partial charge in [0.15, 0.2) is 23.0 Å². The first-order valence-electron chi connectivity index (χ1n) is 9.61. The maximum atomic E-state index is 13.9. The van der Waals surface area contributed by atoms with Gasteiger partial charge in [0.05, 0.1) is 11.5 Å². The third-order valence-corrected chi connectivity index (χ3v) is 8.15. The lowest BCUT2D eigenvalue weighted by atomic mass is 9.51. The molecule has 7 nitrogen and oxygen atoms in total. The lowest BCUT2D eigenvalue weighted by Gasteiger charge is -2.61. The summed E-state index contributed by atoms with van der Waals surface area (Å²) < 4.78 is 5.96. The number of rotatable bonds is 2. The lowest BCUT2D eigenvalue weighted by molar-refractivity contribution is -0.375. The number of ketones is 2. The monoisotopic (exact) mass is 380 g/mol. The molecule has 3 fully saturated rings. The first-order valence-corrected chi connectivity index (χ1v) is 9.61. The molecule has 2 heterocycles. The van der Waals surface area contributed by atoms with E-state index in [0.29, 0.717) is 6.42 Å². The highest BCUT2D eigenvalue weighted by molar-refractivity contribution is 6.08. The van der Waals surface area contributed by atoms with Gasteiger partial charge in [-0.15, -0.1) is 0 Å². The van der Waals surface area contributed by atoms with Crippen molar-refractivity contribution < 1.29 is 34.8 Å². The molecule has 4 aliphatic rings. The third-order valence-electron chi connectivity index (χ3n) is 8.15. The Balaban J connectivity index is 2.10.